The minimum absolute atomic E-state index is 0.535. The summed E-state index contributed by atoms with van der Waals surface area (Å²) >= 11 is 0. The number of aromatic nitrogens is 1. The van der Waals surface area contributed by atoms with Gasteiger partial charge in [-0.15, -0.1) is 0 Å². The van der Waals surface area contributed by atoms with E-state index in [1.165, 1.54) is 29.2 Å². The number of rotatable bonds is 4. The molecule has 0 bridgehead atoms. The Balaban J connectivity index is 1.45. The van der Waals surface area contributed by atoms with Crippen LogP contribution in [0, 0.1) is 5.92 Å². The molecule has 1 unspecified atom stereocenters. The summed E-state index contributed by atoms with van der Waals surface area (Å²) < 4.78 is 6.30. The van der Waals surface area contributed by atoms with E-state index in [-0.39, 0.29) is 0 Å². The Kier molecular flexibility index (Phi) is 4.81. The predicted octanol–water partition coefficient (Wildman–Crippen LogP) is 6.20. The molecule has 1 aliphatic rings. The number of anilines is 1. The summed E-state index contributed by atoms with van der Waals surface area (Å²) in [5.41, 5.74) is 2.14. The van der Waals surface area contributed by atoms with Crippen molar-refractivity contribution in [2.45, 2.75) is 26.4 Å². The highest BCUT2D eigenvalue weighted by molar-refractivity contribution is 5.87. The number of pyridine rings is 1. The second-order valence-corrected chi connectivity index (χ2v) is 8.12. The Labute approximate surface area is 171 Å². The summed E-state index contributed by atoms with van der Waals surface area (Å²) in [4.78, 5) is 7.42. The Bertz CT molecular complexity index is 1150. The van der Waals surface area contributed by atoms with Crippen molar-refractivity contribution in [2.24, 2.45) is 5.92 Å². The molecule has 0 spiro atoms. The van der Waals surface area contributed by atoms with Crippen molar-refractivity contribution in [2.75, 3.05) is 18.0 Å². The predicted molar refractivity (Wildman–Crippen MR) is 121 cm³/mol. The first-order valence-corrected chi connectivity index (χ1v) is 10.5. The average molecular weight is 383 g/mol. The fraction of sp³-hybridized carbons (Fsp3) is 0.269. The van der Waals surface area contributed by atoms with E-state index in [0.29, 0.717) is 6.61 Å². The van der Waals surface area contributed by atoms with Crippen molar-refractivity contribution in [3.05, 3.63) is 78.4 Å². The first-order chi connectivity index (χ1) is 14.3. The zero-order chi connectivity index (χ0) is 19.6. The number of para-hydroxylation sites is 1. The molecule has 2 heterocycles. The van der Waals surface area contributed by atoms with Gasteiger partial charge < -0.3 is 9.64 Å². The van der Waals surface area contributed by atoms with Gasteiger partial charge in [-0.3, -0.25) is 0 Å². The maximum Gasteiger partial charge on any atom is 0.146 e. The molecular weight excluding hydrogens is 356 g/mol. The number of piperidine rings is 1. The molecular formula is C26H26N2O. The van der Waals surface area contributed by atoms with Crippen LogP contribution in [0.25, 0.3) is 21.7 Å². The molecule has 3 aromatic carbocycles. The molecule has 1 aliphatic heterocycles. The fourth-order valence-electron chi connectivity index (χ4n) is 4.37. The molecule has 1 aromatic heterocycles. The van der Waals surface area contributed by atoms with E-state index >= 15 is 0 Å². The van der Waals surface area contributed by atoms with E-state index in [0.717, 1.165) is 41.5 Å². The molecule has 146 valence electrons. The molecule has 5 rings (SSSR count). The monoisotopic (exact) mass is 382 g/mol. The standard InChI is InChI=1S/C26H26N2O/c1-19-7-6-16-28(17-19)25-15-14-21-10-5-13-24(26(21)27-25)29-18-22-11-4-9-20-8-2-3-12-23(20)22/h2-5,8-15,19H,6-7,16-18H2,1H3. The largest absolute Gasteiger partial charge is 0.487 e. The molecule has 0 N–H and O–H groups in total. The second-order valence-electron chi connectivity index (χ2n) is 8.12. The van der Waals surface area contributed by atoms with Crippen LogP contribution in [-0.2, 0) is 6.61 Å². The Morgan fingerprint density at radius 3 is 2.69 bits per heavy atom. The smallest absolute Gasteiger partial charge is 0.146 e. The van der Waals surface area contributed by atoms with Crippen LogP contribution in [0.5, 0.6) is 5.75 Å². The molecule has 1 saturated heterocycles. The van der Waals surface area contributed by atoms with Crippen LogP contribution in [0.2, 0.25) is 0 Å². The molecule has 3 nitrogen and oxygen atoms in total. The van der Waals surface area contributed by atoms with Gasteiger partial charge in [-0.25, -0.2) is 4.98 Å². The average Bonchev–Trinajstić information content (AvgIpc) is 2.77. The molecule has 0 radical (unpaired) electrons. The van der Waals surface area contributed by atoms with Crippen LogP contribution in [0.1, 0.15) is 25.3 Å². The van der Waals surface area contributed by atoms with E-state index in [9.17, 15) is 0 Å². The van der Waals surface area contributed by atoms with Gasteiger partial charge in [0.25, 0.3) is 0 Å². The third-order valence-corrected chi connectivity index (χ3v) is 5.91. The van der Waals surface area contributed by atoms with Gasteiger partial charge in [-0.2, -0.15) is 0 Å². The third kappa shape index (κ3) is 3.65. The molecule has 4 aromatic rings. The van der Waals surface area contributed by atoms with Gasteiger partial charge in [-0.05, 0) is 53.3 Å². The van der Waals surface area contributed by atoms with E-state index in [1.54, 1.807) is 0 Å². The van der Waals surface area contributed by atoms with Crippen LogP contribution in [-0.4, -0.2) is 18.1 Å². The number of nitrogens with zero attached hydrogens (tertiary/aromatic N) is 2. The minimum atomic E-state index is 0.535. The van der Waals surface area contributed by atoms with E-state index in [1.807, 2.05) is 12.1 Å². The first-order valence-electron chi connectivity index (χ1n) is 10.5. The maximum atomic E-state index is 6.30. The molecule has 1 fully saturated rings. The zero-order valence-electron chi connectivity index (χ0n) is 16.8. The van der Waals surface area contributed by atoms with Gasteiger partial charge in [0, 0.05) is 18.5 Å². The van der Waals surface area contributed by atoms with E-state index in [2.05, 4.69) is 72.5 Å². The van der Waals surface area contributed by atoms with Crippen LogP contribution in [0.15, 0.2) is 72.8 Å². The SMILES string of the molecule is CC1CCCN(c2ccc3cccc(OCc4cccc5ccccc45)c3n2)C1. The topological polar surface area (TPSA) is 25.4 Å². The number of ether oxygens (including phenoxy) is 1. The summed E-state index contributed by atoms with van der Waals surface area (Å²) in [6.45, 7) is 5.03. The summed E-state index contributed by atoms with van der Waals surface area (Å²) in [5.74, 6) is 2.63. The van der Waals surface area contributed by atoms with Crippen LogP contribution >= 0.6 is 0 Å². The van der Waals surface area contributed by atoms with Crippen LogP contribution < -0.4 is 9.64 Å². The quantitative estimate of drug-likeness (QED) is 0.420. The van der Waals surface area contributed by atoms with Gasteiger partial charge in [-0.1, -0.05) is 61.5 Å². The molecule has 0 amide bonds. The zero-order valence-corrected chi connectivity index (χ0v) is 16.8. The number of hydrogen-bond acceptors (Lipinski definition) is 3. The highest BCUT2D eigenvalue weighted by atomic mass is 16.5. The van der Waals surface area contributed by atoms with Crippen molar-refractivity contribution >= 4 is 27.5 Å². The van der Waals surface area contributed by atoms with Gasteiger partial charge in [0.1, 0.15) is 23.7 Å². The Morgan fingerprint density at radius 1 is 0.931 bits per heavy atom. The molecule has 1 atom stereocenters. The third-order valence-electron chi connectivity index (χ3n) is 5.91. The normalized spacial score (nSPS) is 17.0. The van der Waals surface area contributed by atoms with Crippen molar-refractivity contribution in [3.63, 3.8) is 0 Å². The van der Waals surface area contributed by atoms with E-state index < -0.39 is 0 Å². The van der Waals surface area contributed by atoms with Crippen LogP contribution in [0.3, 0.4) is 0 Å². The lowest BCUT2D eigenvalue weighted by Crippen LogP contribution is -2.34. The first kappa shape index (κ1) is 18.0. The molecule has 0 saturated carbocycles. The maximum absolute atomic E-state index is 6.30. The van der Waals surface area contributed by atoms with Crippen molar-refractivity contribution in [1.29, 1.82) is 0 Å². The molecule has 29 heavy (non-hydrogen) atoms. The minimum Gasteiger partial charge on any atom is -0.487 e. The Hall–Kier alpha value is -3.07. The van der Waals surface area contributed by atoms with Crippen molar-refractivity contribution < 1.29 is 4.74 Å². The van der Waals surface area contributed by atoms with Crippen LogP contribution in [0.4, 0.5) is 5.82 Å². The second kappa shape index (κ2) is 7.75. The summed E-state index contributed by atoms with van der Waals surface area (Å²) in [6.07, 6.45) is 2.55. The highest BCUT2D eigenvalue weighted by Crippen LogP contribution is 2.29. The number of hydrogen-bond donors (Lipinski definition) is 0. The van der Waals surface area contributed by atoms with Crippen molar-refractivity contribution in [1.82, 2.24) is 4.98 Å². The number of benzene rings is 3. The number of fused-ring (bicyclic) bond motifs is 2. The molecule has 0 aliphatic carbocycles. The summed E-state index contributed by atoms with van der Waals surface area (Å²) in [7, 11) is 0. The van der Waals surface area contributed by atoms with Gasteiger partial charge in [0.15, 0.2) is 0 Å². The van der Waals surface area contributed by atoms with Crippen molar-refractivity contribution in [3.8, 4) is 5.75 Å². The van der Waals surface area contributed by atoms with Gasteiger partial charge in [0.2, 0.25) is 0 Å². The van der Waals surface area contributed by atoms with Gasteiger partial charge in [0.05, 0.1) is 0 Å². The lowest BCUT2D eigenvalue weighted by atomic mass is 10.0. The molecule has 3 heteroatoms. The summed E-state index contributed by atoms with van der Waals surface area (Å²) in [5, 5.41) is 3.60. The highest BCUT2D eigenvalue weighted by Gasteiger charge is 2.18. The fourth-order valence-corrected chi connectivity index (χ4v) is 4.37. The lowest BCUT2D eigenvalue weighted by molar-refractivity contribution is 0.311. The lowest BCUT2D eigenvalue weighted by Gasteiger charge is -2.32. The Morgan fingerprint density at radius 2 is 1.76 bits per heavy atom. The van der Waals surface area contributed by atoms with Gasteiger partial charge >= 0.3 is 0 Å². The van der Waals surface area contributed by atoms with E-state index in [4.69, 9.17) is 9.72 Å². The summed E-state index contributed by atoms with van der Waals surface area (Å²) in [6, 6.07) is 25.3.